The van der Waals surface area contributed by atoms with Crippen LogP contribution in [0.3, 0.4) is 0 Å². The first-order chi connectivity index (χ1) is 13.8. The zero-order valence-corrected chi connectivity index (χ0v) is 18.4. The number of nitrogens with one attached hydrogen (secondary N) is 2. The molecular weight excluding hydrogens is 454 g/mol. The van der Waals surface area contributed by atoms with Gasteiger partial charge < -0.3 is 9.88 Å². The molecule has 0 unspecified atom stereocenters. The van der Waals surface area contributed by atoms with E-state index < -0.39 is 10.0 Å². The van der Waals surface area contributed by atoms with Crippen molar-refractivity contribution in [2.24, 2.45) is 0 Å². The highest BCUT2D eigenvalue weighted by Gasteiger charge is 2.14. The van der Waals surface area contributed by atoms with E-state index in [9.17, 15) is 13.2 Å². The van der Waals surface area contributed by atoms with Gasteiger partial charge >= 0.3 is 0 Å². The molecule has 1 heterocycles. The van der Waals surface area contributed by atoms with Crippen molar-refractivity contribution in [3.8, 4) is 0 Å². The summed E-state index contributed by atoms with van der Waals surface area (Å²) in [7, 11) is -3.41. The van der Waals surface area contributed by atoms with Crippen LogP contribution >= 0.6 is 15.9 Å². The summed E-state index contributed by atoms with van der Waals surface area (Å²) in [5.41, 5.74) is 3.22. The number of anilines is 1. The first-order valence-electron chi connectivity index (χ1n) is 9.01. The van der Waals surface area contributed by atoms with E-state index in [4.69, 9.17) is 0 Å². The van der Waals surface area contributed by atoms with Crippen LogP contribution in [0, 0.1) is 6.92 Å². The number of para-hydroxylation sites is 1. The Hall–Kier alpha value is -2.42. The first kappa shape index (κ1) is 21.3. The second-order valence-corrected chi connectivity index (χ2v) is 9.24. The Morgan fingerprint density at radius 1 is 1.17 bits per heavy atom. The van der Waals surface area contributed by atoms with Gasteiger partial charge in [-0.2, -0.15) is 0 Å². The van der Waals surface area contributed by atoms with E-state index in [1.807, 2.05) is 35.8 Å². The van der Waals surface area contributed by atoms with Crippen LogP contribution in [-0.2, 0) is 27.1 Å². The average Bonchev–Trinajstić information content (AvgIpc) is 2.93. The third-order valence-corrected chi connectivity index (χ3v) is 6.82. The van der Waals surface area contributed by atoms with Crippen LogP contribution in [0.25, 0.3) is 10.9 Å². The molecule has 0 bridgehead atoms. The van der Waals surface area contributed by atoms with Crippen molar-refractivity contribution in [2.75, 3.05) is 11.9 Å². The standard InChI is InChI=1S/C21H22BrN3O3S/c1-3-12-23-29(27,28)14-16-8-10-17(11-9-16)24-20(26)13-25-15(2)21(22)18-6-4-5-7-19(18)25/h3-11,23H,1,12-14H2,2H3,(H,24,26). The molecule has 3 rings (SSSR count). The summed E-state index contributed by atoms with van der Waals surface area (Å²) in [5, 5.41) is 3.93. The summed E-state index contributed by atoms with van der Waals surface area (Å²) in [4.78, 5) is 12.6. The van der Waals surface area contributed by atoms with E-state index in [0.29, 0.717) is 11.3 Å². The minimum atomic E-state index is -3.41. The van der Waals surface area contributed by atoms with Crippen LogP contribution in [0.2, 0.25) is 0 Å². The highest BCUT2D eigenvalue weighted by atomic mass is 79.9. The number of halogens is 1. The third kappa shape index (κ3) is 5.14. The van der Waals surface area contributed by atoms with Crippen molar-refractivity contribution >= 4 is 48.5 Å². The maximum Gasteiger partial charge on any atom is 0.244 e. The van der Waals surface area contributed by atoms with Gasteiger partial charge in [0.15, 0.2) is 0 Å². The molecule has 0 aliphatic carbocycles. The predicted molar refractivity (Wildman–Crippen MR) is 120 cm³/mol. The fourth-order valence-electron chi connectivity index (χ4n) is 3.08. The Bertz CT molecular complexity index is 1150. The molecule has 0 radical (unpaired) electrons. The van der Waals surface area contributed by atoms with E-state index in [1.54, 1.807) is 24.3 Å². The third-order valence-electron chi connectivity index (χ3n) is 4.50. The molecule has 152 valence electrons. The molecule has 0 spiro atoms. The molecule has 6 nitrogen and oxygen atoms in total. The quantitative estimate of drug-likeness (QED) is 0.483. The summed E-state index contributed by atoms with van der Waals surface area (Å²) in [6, 6.07) is 14.7. The summed E-state index contributed by atoms with van der Waals surface area (Å²) >= 11 is 3.59. The maximum atomic E-state index is 12.6. The summed E-state index contributed by atoms with van der Waals surface area (Å²) in [6.07, 6.45) is 1.49. The van der Waals surface area contributed by atoms with Gasteiger partial charge in [0.1, 0.15) is 6.54 Å². The van der Waals surface area contributed by atoms with Crippen molar-refractivity contribution in [3.63, 3.8) is 0 Å². The number of fused-ring (bicyclic) bond motifs is 1. The van der Waals surface area contributed by atoms with Gasteiger partial charge in [0, 0.05) is 33.3 Å². The van der Waals surface area contributed by atoms with Crippen molar-refractivity contribution in [1.82, 2.24) is 9.29 Å². The molecule has 0 aliphatic rings. The van der Waals surface area contributed by atoms with Crippen LogP contribution < -0.4 is 10.0 Å². The molecule has 0 saturated heterocycles. The lowest BCUT2D eigenvalue weighted by Crippen LogP contribution is -2.25. The lowest BCUT2D eigenvalue weighted by molar-refractivity contribution is -0.116. The molecule has 0 atom stereocenters. The summed E-state index contributed by atoms with van der Waals surface area (Å²) in [5.74, 6) is -0.285. The zero-order chi connectivity index (χ0) is 21.0. The van der Waals surface area contributed by atoms with Gasteiger partial charge in [0.25, 0.3) is 0 Å². The number of benzene rings is 2. The van der Waals surface area contributed by atoms with E-state index >= 15 is 0 Å². The molecule has 0 saturated carbocycles. The van der Waals surface area contributed by atoms with Gasteiger partial charge in [0.2, 0.25) is 15.9 Å². The molecule has 0 fully saturated rings. The van der Waals surface area contributed by atoms with E-state index in [-0.39, 0.29) is 24.7 Å². The Morgan fingerprint density at radius 2 is 1.86 bits per heavy atom. The number of carbonyl (C=O) groups is 1. The number of hydrogen-bond acceptors (Lipinski definition) is 3. The zero-order valence-electron chi connectivity index (χ0n) is 16.0. The van der Waals surface area contributed by atoms with E-state index in [0.717, 1.165) is 21.1 Å². The monoisotopic (exact) mass is 475 g/mol. The lowest BCUT2D eigenvalue weighted by Gasteiger charge is -2.10. The molecule has 29 heavy (non-hydrogen) atoms. The molecule has 1 amide bonds. The SMILES string of the molecule is C=CCNS(=O)(=O)Cc1ccc(NC(=O)Cn2c(C)c(Br)c3ccccc32)cc1. The van der Waals surface area contributed by atoms with E-state index in [1.165, 1.54) is 6.08 Å². The largest absolute Gasteiger partial charge is 0.334 e. The van der Waals surface area contributed by atoms with Crippen LogP contribution in [0.1, 0.15) is 11.3 Å². The molecular formula is C21H22BrN3O3S. The Balaban J connectivity index is 1.68. The van der Waals surface area contributed by atoms with Crippen molar-refractivity contribution in [1.29, 1.82) is 0 Å². The van der Waals surface area contributed by atoms with Gasteiger partial charge in [-0.05, 0) is 46.6 Å². The van der Waals surface area contributed by atoms with Gasteiger partial charge in [0.05, 0.1) is 5.75 Å². The summed E-state index contributed by atoms with van der Waals surface area (Å²) in [6.45, 7) is 5.83. The molecule has 0 aliphatic heterocycles. The second-order valence-electron chi connectivity index (χ2n) is 6.64. The number of rotatable bonds is 8. The van der Waals surface area contributed by atoms with Crippen molar-refractivity contribution in [2.45, 2.75) is 19.2 Å². The number of hydrogen-bond donors (Lipinski definition) is 2. The van der Waals surface area contributed by atoms with Crippen molar-refractivity contribution in [3.05, 3.63) is 76.9 Å². The normalized spacial score (nSPS) is 11.5. The van der Waals surface area contributed by atoms with E-state index in [2.05, 4.69) is 32.5 Å². The topological polar surface area (TPSA) is 80.2 Å². The maximum absolute atomic E-state index is 12.6. The number of aromatic nitrogens is 1. The van der Waals surface area contributed by atoms with Crippen LogP contribution in [-0.4, -0.2) is 25.4 Å². The summed E-state index contributed by atoms with van der Waals surface area (Å²) < 4.78 is 29.2. The molecule has 2 N–H and O–H groups in total. The van der Waals surface area contributed by atoms with Gasteiger partial charge in [-0.1, -0.05) is 36.4 Å². The van der Waals surface area contributed by atoms with Crippen LogP contribution in [0.5, 0.6) is 0 Å². The molecule has 3 aromatic rings. The predicted octanol–water partition coefficient (Wildman–Crippen LogP) is 3.96. The Labute approximate surface area is 178 Å². The highest BCUT2D eigenvalue weighted by Crippen LogP contribution is 2.30. The smallest absolute Gasteiger partial charge is 0.244 e. The lowest BCUT2D eigenvalue weighted by atomic mass is 10.2. The molecule has 8 heteroatoms. The van der Waals surface area contributed by atoms with Gasteiger partial charge in [-0.25, -0.2) is 13.1 Å². The fraction of sp³-hybridized carbons (Fsp3) is 0.190. The number of sulfonamides is 1. The van der Waals surface area contributed by atoms with Crippen LogP contribution in [0.4, 0.5) is 5.69 Å². The molecule has 1 aromatic heterocycles. The Morgan fingerprint density at radius 3 is 2.55 bits per heavy atom. The Kier molecular flexibility index (Phi) is 6.56. The second kappa shape index (κ2) is 8.94. The number of amides is 1. The van der Waals surface area contributed by atoms with Crippen molar-refractivity contribution < 1.29 is 13.2 Å². The fourth-order valence-corrected chi connectivity index (χ4v) is 4.73. The molecule has 2 aromatic carbocycles. The van der Waals surface area contributed by atoms with Crippen LogP contribution in [0.15, 0.2) is 65.7 Å². The minimum absolute atomic E-state index is 0.127. The average molecular weight is 476 g/mol. The van der Waals surface area contributed by atoms with Gasteiger partial charge in [-0.3, -0.25) is 4.79 Å². The highest BCUT2D eigenvalue weighted by molar-refractivity contribution is 9.10. The number of nitrogens with zero attached hydrogens (tertiary/aromatic N) is 1. The first-order valence-corrected chi connectivity index (χ1v) is 11.5. The minimum Gasteiger partial charge on any atom is -0.334 e. The van der Waals surface area contributed by atoms with Gasteiger partial charge in [-0.15, -0.1) is 6.58 Å². The number of carbonyl (C=O) groups excluding carboxylic acids is 1.